The molecule has 0 saturated carbocycles. The Hall–Kier alpha value is -3.42. The summed E-state index contributed by atoms with van der Waals surface area (Å²) in [5.74, 6) is 2.16. The van der Waals surface area contributed by atoms with E-state index in [1.807, 2.05) is 24.3 Å². The van der Waals surface area contributed by atoms with E-state index in [0.717, 1.165) is 17.5 Å². The molecule has 2 aromatic heterocycles. The molecule has 4 rings (SSSR count). The molecule has 0 aliphatic carbocycles. The first-order valence-corrected chi connectivity index (χ1v) is 8.94. The third-order valence-corrected chi connectivity index (χ3v) is 4.79. The lowest BCUT2D eigenvalue weighted by Gasteiger charge is -2.38. The largest absolute Gasteiger partial charge is 0.493 e. The van der Waals surface area contributed by atoms with Crippen LogP contribution in [0.15, 0.2) is 47.2 Å². The van der Waals surface area contributed by atoms with Crippen molar-refractivity contribution in [3.63, 3.8) is 0 Å². The van der Waals surface area contributed by atoms with Gasteiger partial charge in [0.25, 0.3) is 0 Å². The van der Waals surface area contributed by atoms with Crippen LogP contribution < -0.4 is 9.47 Å². The van der Waals surface area contributed by atoms with Crippen LogP contribution in [0.1, 0.15) is 23.9 Å². The van der Waals surface area contributed by atoms with Crippen LogP contribution in [0.5, 0.6) is 11.5 Å². The van der Waals surface area contributed by atoms with Crippen molar-refractivity contribution in [3.05, 3.63) is 54.2 Å². The second kappa shape index (κ2) is 7.67. The number of nitrogens with zero attached hydrogens (tertiary/aromatic N) is 4. The van der Waals surface area contributed by atoms with E-state index in [1.165, 1.54) is 0 Å². The molecule has 144 valence electrons. The number of amides is 1. The quantitative estimate of drug-likeness (QED) is 0.649. The third kappa shape index (κ3) is 3.40. The summed E-state index contributed by atoms with van der Waals surface area (Å²) >= 11 is 0. The molecule has 1 aromatic carbocycles. The van der Waals surface area contributed by atoms with Gasteiger partial charge in [-0.15, -0.1) is 0 Å². The minimum absolute atomic E-state index is 0.00426. The zero-order valence-corrected chi connectivity index (χ0v) is 15.7. The van der Waals surface area contributed by atoms with Gasteiger partial charge in [0.05, 0.1) is 20.6 Å². The Morgan fingerprint density at radius 2 is 2.11 bits per heavy atom. The molecule has 1 aliphatic heterocycles. The first-order chi connectivity index (χ1) is 13.7. The molecular formula is C20H20N4O4. The molecule has 3 aromatic rings. The second-order valence-corrected chi connectivity index (χ2v) is 6.46. The Labute approximate surface area is 162 Å². The molecule has 0 N–H and O–H groups in total. The van der Waals surface area contributed by atoms with Crippen LogP contribution in [0.4, 0.5) is 0 Å². The molecule has 1 aliphatic rings. The molecule has 8 heteroatoms. The van der Waals surface area contributed by atoms with Crippen molar-refractivity contribution in [3.8, 4) is 22.9 Å². The summed E-state index contributed by atoms with van der Waals surface area (Å²) < 4.78 is 15.9. The monoisotopic (exact) mass is 380 g/mol. The summed E-state index contributed by atoms with van der Waals surface area (Å²) in [4.78, 5) is 23.0. The molecule has 0 spiro atoms. The number of carbonyl (C=O) groups excluding carboxylic acids is 1. The number of rotatable bonds is 6. The van der Waals surface area contributed by atoms with Crippen molar-refractivity contribution in [1.82, 2.24) is 20.0 Å². The van der Waals surface area contributed by atoms with Gasteiger partial charge in [-0.3, -0.25) is 9.78 Å². The molecule has 28 heavy (non-hydrogen) atoms. The van der Waals surface area contributed by atoms with Gasteiger partial charge in [-0.25, -0.2) is 0 Å². The van der Waals surface area contributed by atoms with Crippen molar-refractivity contribution >= 4 is 5.91 Å². The summed E-state index contributed by atoms with van der Waals surface area (Å²) in [5, 5.41) is 4.01. The number of carbonyl (C=O) groups is 1. The lowest BCUT2D eigenvalue weighted by molar-refractivity contribution is -0.139. The number of benzene rings is 1. The molecule has 1 amide bonds. The minimum atomic E-state index is -0.189. The molecule has 1 fully saturated rings. The van der Waals surface area contributed by atoms with Gasteiger partial charge in [0.1, 0.15) is 6.04 Å². The first-order valence-electron chi connectivity index (χ1n) is 8.94. The number of likely N-dealkylation sites (tertiary alicyclic amines) is 1. The molecule has 1 atom stereocenters. The average Bonchev–Trinajstić information content (AvgIpc) is 3.17. The maximum Gasteiger partial charge on any atom is 0.249 e. The Bertz CT molecular complexity index is 973. The fourth-order valence-corrected chi connectivity index (χ4v) is 3.19. The molecule has 3 heterocycles. The predicted octanol–water partition coefficient (Wildman–Crippen LogP) is 2.66. The maximum absolute atomic E-state index is 12.8. The number of aromatic nitrogens is 3. The summed E-state index contributed by atoms with van der Waals surface area (Å²) in [6.45, 7) is 0.668. The van der Waals surface area contributed by atoms with Crippen LogP contribution in [-0.2, 0) is 11.2 Å². The topological polar surface area (TPSA) is 90.6 Å². The lowest BCUT2D eigenvalue weighted by Crippen LogP contribution is -2.46. The van der Waals surface area contributed by atoms with Crippen molar-refractivity contribution in [1.29, 1.82) is 0 Å². The van der Waals surface area contributed by atoms with Gasteiger partial charge < -0.3 is 18.9 Å². The molecular weight excluding hydrogens is 360 g/mol. The highest BCUT2D eigenvalue weighted by molar-refractivity contribution is 5.80. The second-order valence-electron chi connectivity index (χ2n) is 6.46. The van der Waals surface area contributed by atoms with Gasteiger partial charge in [0, 0.05) is 24.5 Å². The van der Waals surface area contributed by atoms with E-state index < -0.39 is 0 Å². The lowest BCUT2D eigenvalue weighted by atomic mass is 10.0. The van der Waals surface area contributed by atoms with Crippen LogP contribution in [0.3, 0.4) is 0 Å². The number of methoxy groups -OCH3 is 2. The van der Waals surface area contributed by atoms with Gasteiger partial charge in [0.2, 0.25) is 17.6 Å². The van der Waals surface area contributed by atoms with Crippen molar-refractivity contribution in [2.75, 3.05) is 20.8 Å². The van der Waals surface area contributed by atoms with Crippen LogP contribution in [-0.4, -0.2) is 46.7 Å². The minimum Gasteiger partial charge on any atom is -0.493 e. The van der Waals surface area contributed by atoms with Gasteiger partial charge >= 0.3 is 0 Å². The zero-order valence-electron chi connectivity index (χ0n) is 15.7. The summed E-state index contributed by atoms with van der Waals surface area (Å²) in [7, 11) is 3.15. The van der Waals surface area contributed by atoms with E-state index in [1.54, 1.807) is 37.6 Å². The normalized spacial score (nSPS) is 15.8. The van der Waals surface area contributed by atoms with Gasteiger partial charge in [-0.2, -0.15) is 4.98 Å². The van der Waals surface area contributed by atoms with Crippen LogP contribution in [0, 0.1) is 0 Å². The third-order valence-electron chi connectivity index (χ3n) is 4.79. The number of pyridine rings is 1. The standard InChI is InChI=1S/C20H20N4O4/c1-26-16-6-5-13(10-17(16)27-2)11-18(25)24-9-7-15(24)20-22-19(23-28-20)14-4-3-8-21-12-14/h3-6,8,10,12,15H,7,9,11H2,1-2H3/t15-/m1/s1. The van der Waals surface area contributed by atoms with Crippen molar-refractivity contribution in [2.45, 2.75) is 18.9 Å². The van der Waals surface area contributed by atoms with Crippen LogP contribution in [0.25, 0.3) is 11.4 Å². The summed E-state index contributed by atoms with van der Waals surface area (Å²) in [5.41, 5.74) is 1.63. The summed E-state index contributed by atoms with van der Waals surface area (Å²) in [6, 6.07) is 8.97. The SMILES string of the molecule is COc1ccc(CC(=O)N2CC[C@@H]2c2nc(-c3cccnc3)no2)cc1OC. The number of hydrogen-bond acceptors (Lipinski definition) is 7. The van der Waals surface area contributed by atoms with E-state index in [4.69, 9.17) is 14.0 Å². The molecule has 0 radical (unpaired) electrons. The Balaban J connectivity index is 1.46. The van der Waals surface area contributed by atoms with E-state index in [2.05, 4.69) is 15.1 Å². The zero-order chi connectivity index (χ0) is 19.5. The molecule has 1 saturated heterocycles. The van der Waals surface area contributed by atoms with E-state index >= 15 is 0 Å². The van der Waals surface area contributed by atoms with Gasteiger partial charge in [0.15, 0.2) is 11.5 Å². The number of hydrogen-bond donors (Lipinski definition) is 0. The van der Waals surface area contributed by atoms with E-state index in [0.29, 0.717) is 29.8 Å². The maximum atomic E-state index is 12.8. The Morgan fingerprint density at radius 1 is 1.25 bits per heavy atom. The average molecular weight is 380 g/mol. The fourth-order valence-electron chi connectivity index (χ4n) is 3.19. The number of ether oxygens (including phenoxy) is 2. The highest BCUT2D eigenvalue weighted by Crippen LogP contribution is 2.34. The molecule has 0 unspecified atom stereocenters. The van der Waals surface area contributed by atoms with Crippen molar-refractivity contribution in [2.24, 2.45) is 0 Å². The van der Waals surface area contributed by atoms with Gasteiger partial charge in [-0.05, 0) is 36.2 Å². The van der Waals surface area contributed by atoms with E-state index in [-0.39, 0.29) is 18.4 Å². The van der Waals surface area contributed by atoms with Crippen LogP contribution in [0.2, 0.25) is 0 Å². The highest BCUT2D eigenvalue weighted by Gasteiger charge is 2.37. The summed E-state index contributed by atoms with van der Waals surface area (Å²) in [6.07, 6.45) is 4.42. The first kappa shape index (κ1) is 18.0. The molecule has 0 bridgehead atoms. The Kier molecular flexibility index (Phi) is 4.92. The predicted molar refractivity (Wildman–Crippen MR) is 99.9 cm³/mol. The van der Waals surface area contributed by atoms with Crippen LogP contribution >= 0.6 is 0 Å². The Morgan fingerprint density at radius 3 is 2.79 bits per heavy atom. The van der Waals surface area contributed by atoms with Crippen molar-refractivity contribution < 1.29 is 18.8 Å². The highest BCUT2D eigenvalue weighted by atomic mass is 16.5. The molecule has 8 nitrogen and oxygen atoms in total. The fraction of sp³-hybridized carbons (Fsp3) is 0.300. The van der Waals surface area contributed by atoms with E-state index in [9.17, 15) is 4.79 Å². The smallest absolute Gasteiger partial charge is 0.249 e. The van der Waals surface area contributed by atoms with Gasteiger partial charge in [-0.1, -0.05) is 11.2 Å².